The summed E-state index contributed by atoms with van der Waals surface area (Å²) < 4.78 is 5.83. The van der Waals surface area contributed by atoms with Crippen LogP contribution in [0, 0.1) is 5.92 Å². The van der Waals surface area contributed by atoms with E-state index in [4.69, 9.17) is 4.74 Å². The van der Waals surface area contributed by atoms with Crippen molar-refractivity contribution in [2.75, 3.05) is 33.8 Å². The van der Waals surface area contributed by atoms with E-state index >= 15 is 0 Å². The third-order valence-electron chi connectivity index (χ3n) is 6.30. The summed E-state index contributed by atoms with van der Waals surface area (Å²) in [5.74, 6) is 1.49. The third kappa shape index (κ3) is 7.23. The van der Waals surface area contributed by atoms with E-state index in [2.05, 4.69) is 32.6 Å². The summed E-state index contributed by atoms with van der Waals surface area (Å²) in [5.41, 5.74) is 0.876. The first kappa shape index (κ1) is 25.2. The van der Waals surface area contributed by atoms with E-state index in [-0.39, 0.29) is 23.4 Å². The maximum Gasteiger partial charge on any atom is 0.245 e. The minimum Gasteiger partial charge on any atom is -0.494 e. The Morgan fingerprint density at radius 1 is 1.19 bits per heavy atom. The standard InChI is InChI=1S/C25H41N3O3/c1-19(2)14-16-31-22-12-10-21(11-13-22)17-27(18-25(4,5)26(6)7)24(30)23-9-8-15-28(23)20(3)29/h10-13,19,23H,8-9,14-18H2,1-7H3/t23-/m1/s1. The van der Waals surface area contributed by atoms with Gasteiger partial charge < -0.3 is 19.4 Å². The lowest BCUT2D eigenvalue weighted by molar-refractivity contribution is -0.144. The molecular weight excluding hydrogens is 390 g/mol. The van der Waals surface area contributed by atoms with Gasteiger partial charge in [0.25, 0.3) is 0 Å². The zero-order valence-corrected chi connectivity index (χ0v) is 20.5. The lowest BCUT2D eigenvalue weighted by Gasteiger charge is -2.39. The molecule has 1 aromatic carbocycles. The molecule has 1 atom stereocenters. The number of carbonyl (C=O) groups excluding carboxylic acids is 2. The Kier molecular flexibility index (Phi) is 8.92. The first-order chi connectivity index (χ1) is 14.5. The monoisotopic (exact) mass is 431 g/mol. The topological polar surface area (TPSA) is 53.1 Å². The molecule has 1 aliphatic heterocycles. The van der Waals surface area contributed by atoms with E-state index in [9.17, 15) is 9.59 Å². The molecule has 1 aliphatic rings. The second-order valence-corrected chi connectivity index (χ2v) is 9.95. The van der Waals surface area contributed by atoms with E-state index in [1.165, 1.54) is 0 Å². The normalized spacial score (nSPS) is 16.8. The van der Waals surface area contributed by atoms with Crippen LogP contribution in [0.5, 0.6) is 5.75 Å². The number of likely N-dealkylation sites (tertiary alicyclic amines) is 1. The number of likely N-dealkylation sites (N-methyl/N-ethyl adjacent to an activating group) is 1. The van der Waals surface area contributed by atoms with Crippen molar-refractivity contribution in [1.29, 1.82) is 0 Å². The summed E-state index contributed by atoms with van der Waals surface area (Å²) in [6.07, 6.45) is 2.64. The zero-order valence-electron chi connectivity index (χ0n) is 20.5. The van der Waals surface area contributed by atoms with E-state index in [1.807, 2.05) is 43.3 Å². The highest BCUT2D eigenvalue weighted by Crippen LogP contribution is 2.24. The van der Waals surface area contributed by atoms with Crippen LogP contribution < -0.4 is 4.74 Å². The number of hydrogen-bond acceptors (Lipinski definition) is 4. The summed E-state index contributed by atoms with van der Waals surface area (Å²) in [6, 6.07) is 7.67. The molecule has 1 aromatic rings. The van der Waals surface area contributed by atoms with Crippen molar-refractivity contribution in [1.82, 2.24) is 14.7 Å². The molecule has 6 heteroatoms. The highest BCUT2D eigenvalue weighted by molar-refractivity contribution is 5.87. The molecule has 0 bridgehead atoms. The second-order valence-electron chi connectivity index (χ2n) is 9.95. The van der Waals surface area contributed by atoms with Gasteiger partial charge in [0, 0.05) is 32.1 Å². The van der Waals surface area contributed by atoms with Crippen LogP contribution in [0.4, 0.5) is 0 Å². The highest BCUT2D eigenvalue weighted by atomic mass is 16.5. The Morgan fingerprint density at radius 2 is 1.84 bits per heavy atom. The number of nitrogens with zero attached hydrogens (tertiary/aromatic N) is 3. The van der Waals surface area contributed by atoms with E-state index in [1.54, 1.807) is 11.8 Å². The largest absolute Gasteiger partial charge is 0.494 e. The van der Waals surface area contributed by atoms with Gasteiger partial charge in [0.2, 0.25) is 11.8 Å². The Morgan fingerprint density at radius 3 is 2.39 bits per heavy atom. The molecule has 0 aliphatic carbocycles. The summed E-state index contributed by atoms with van der Waals surface area (Å²) >= 11 is 0. The molecule has 1 fully saturated rings. The fourth-order valence-corrected chi connectivity index (χ4v) is 3.76. The average molecular weight is 432 g/mol. The van der Waals surface area contributed by atoms with Gasteiger partial charge in [0.1, 0.15) is 11.8 Å². The molecule has 0 saturated carbocycles. The van der Waals surface area contributed by atoms with Crippen LogP contribution in [0.2, 0.25) is 0 Å². The molecule has 2 rings (SSSR count). The minimum absolute atomic E-state index is 0.0226. The van der Waals surface area contributed by atoms with Gasteiger partial charge in [-0.25, -0.2) is 0 Å². The van der Waals surface area contributed by atoms with Gasteiger partial charge in [0.05, 0.1) is 6.61 Å². The molecule has 0 N–H and O–H groups in total. The van der Waals surface area contributed by atoms with Gasteiger partial charge in [-0.05, 0) is 70.8 Å². The van der Waals surface area contributed by atoms with Crippen LogP contribution in [0.25, 0.3) is 0 Å². The summed E-state index contributed by atoms with van der Waals surface area (Å²) in [7, 11) is 4.06. The number of amides is 2. The molecule has 174 valence electrons. The lowest BCUT2D eigenvalue weighted by Crippen LogP contribution is -2.54. The first-order valence-electron chi connectivity index (χ1n) is 11.5. The summed E-state index contributed by atoms with van der Waals surface area (Å²) in [5, 5.41) is 0. The smallest absolute Gasteiger partial charge is 0.245 e. The molecule has 6 nitrogen and oxygen atoms in total. The van der Waals surface area contributed by atoms with Gasteiger partial charge in [-0.3, -0.25) is 9.59 Å². The van der Waals surface area contributed by atoms with E-state index < -0.39 is 0 Å². The predicted octanol–water partition coefficient (Wildman–Crippen LogP) is 3.79. The number of carbonyl (C=O) groups is 2. The van der Waals surface area contributed by atoms with Crippen molar-refractivity contribution in [2.45, 2.75) is 72.0 Å². The fourth-order valence-electron chi connectivity index (χ4n) is 3.76. The maximum atomic E-state index is 13.5. The van der Waals surface area contributed by atoms with Crippen LogP contribution in [0.1, 0.15) is 59.4 Å². The van der Waals surface area contributed by atoms with Crippen molar-refractivity contribution in [3.8, 4) is 5.75 Å². The van der Waals surface area contributed by atoms with E-state index in [0.29, 0.717) is 32.2 Å². The molecular formula is C25H41N3O3. The number of ether oxygens (including phenoxy) is 1. The summed E-state index contributed by atoms with van der Waals surface area (Å²) in [4.78, 5) is 31.3. The Labute approximate surface area is 188 Å². The Hall–Kier alpha value is -2.08. The van der Waals surface area contributed by atoms with Crippen molar-refractivity contribution in [3.63, 3.8) is 0 Å². The Balaban J connectivity index is 2.15. The number of benzene rings is 1. The van der Waals surface area contributed by atoms with E-state index in [0.717, 1.165) is 30.6 Å². The van der Waals surface area contributed by atoms with Gasteiger partial charge in [0.15, 0.2) is 0 Å². The van der Waals surface area contributed by atoms with Gasteiger partial charge >= 0.3 is 0 Å². The minimum atomic E-state index is -0.353. The molecule has 0 radical (unpaired) electrons. The average Bonchev–Trinajstić information content (AvgIpc) is 3.18. The van der Waals surface area contributed by atoms with Crippen molar-refractivity contribution in [2.24, 2.45) is 5.92 Å². The van der Waals surface area contributed by atoms with Crippen LogP contribution >= 0.6 is 0 Å². The highest BCUT2D eigenvalue weighted by Gasteiger charge is 2.37. The molecule has 0 aromatic heterocycles. The van der Waals surface area contributed by atoms with Gasteiger partial charge in [-0.15, -0.1) is 0 Å². The first-order valence-corrected chi connectivity index (χ1v) is 11.5. The second kappa shape index (κ2) is 11.0. The molecule has 0 unspecified atom stereocenters. The van der Waals surface area contributed by atoms with Crippen molar-refractivity contribution in [3.05, 3.63) is 29.8 Å². The quantitative estimate of drug-likeness (QED) is 0.566. The molecule has 31 heavy (non-hydrogen) atoms. The number of rotatable bonds is 10. The van der Waals surface area contributed by atoms with Crippen molar-refractivity contribution >= 4 is 11.8 Å². The molecule has 0 spiro atoms. The van der Waals surface area contributed by atoms with Gasteiger partial charge in [-0.1, -0.05) is 26.0 Å². The van der Waals surface area contributed by atoms with Crippen LogP contribution in [-0.4, -0.2) is 71.9 Å². The zero-order chi connectivity index (χ0) is 23.2. The van der Waals surface area contributed by atoms with Crippen LogP contribution in [-0.2, 0) is 16.1 Å². The fraction of sp³-hybridized carbons (Fsp3) is 0.680. The molecule has 1 heterocycles. The molecule has 2 amide bonds. The molecule has 1 saturated heterocycles. The van der Waals surface area contributed by atoms with Crippen LogP contribution in [0.15, 0.2) is 24.3 Å². The van der Waals surface area contributed by atoms with Crippen LogP contribution in [0.3, 0.4) is 0 Å². The van der Waals surface area contributed by atoms with Crippen molar-refractivity contribution < 1.29 is 14.3 Å². The third-order valence-corrected chi connectivity index (χ3v) is 6.30. The SMILES string of the molecule is CC(=O)N1CCC[C@@H]1C(=O)N(Cc1ccc(OCCC(C)C)cc1)CC(C)(C)N(C)C. The summed E-state index contributed by atoms with van der Waals surface area (Å²) in [6.45, 7) is 12.7. The number of hydrogen-bond donors (Lipinski definition) is 0. The lowest BCUT2D eigenvalue weighted by atomic mass is 10.0. The Bertz CT molecular complexity index is 728. The van der Waals surface area contributed by atoms with Gasteiger partial charge in [-0.2, -0.15) is 0 Å². The predicted molar refractivity (Wildman–Crippen MR) is 125 cm³/mol. The maximum absolute atomic E-state index is 13.5.